The van der Waals surface area contributed by atoms with E-state index in [9.17, 15) is 4.79 Å². The van der Waals surface area contributed by atoms with Crippen LogP contribution in [-0.4, -0.2) is 30.7 Å². The van der Waals surface area contributed by atoms with Crippen molar-refractivity contribution in [1.82, 2.24) is 5.32 Å². The summed E-state index contributed by atoms with van der Waals surface area (Å²) in [4.78, 5) is 11.9. The average Bonchev–Trinajstić information content (AvgIpc) is 2.87. The summed E-state index contributed by atoms with van der Waals surface area (Å²) in [7, 11) is 0. The monoisotopic (exact) mass is 226 g/mol. The molecule has 0 aromatic rings. The molecule has 2 bridgehead atoms. The van der Waals surface area contributed by atoms with Crippen LogP contribution in [0.15, 0.2) is 0 Å². The lowest BCUT2D eigenvalue weighted by Gasteiger charge is -2.23. The standard InChI is InChI=1S/C12H22N2O2/c1-2-3-8(7-13)12(15)14-10-6-9-4-5-11(10)16-9/h8-11H,2-7,13H2,1H3,(H,14,15). The second-order valence-corrected chi connectivity index (χ2v) is 4.95. The number of rotatable bonds is 5. The molecule has 4 unspecified atom stereocenters. The number of nitrogens with two attached hydrogens (primary N) is 1. The van der Waals surface area contributed by atoms with Gasteiger partial charge in [0.25, 0.3) is 0 Å². The summed E-state index contributed by atoms with van der Waals surface area (Å²) in [5.41, 5.74) is 5.62. The van der Waals surface area contributed by atoms with Crippen molar-refractivity contribution < 1.29 is 9.53 Å². The Kier molecular flexibility index (Phi) is 3.82. The topological polar surface area (TPSA) is 64.4 Å². The van der Waals surface area contributed by atoms with Gasteiger partial charge in [0.05, 0.1) is 24.2 Å². The molecule has 0 spiro atoms. The van der Waals surface area contributed by atoms with Crippen molar-refractivity contribution in [2.45, 2.75) is 57.3 Å². The lowest BCUT2D eigenvalue weighted by Crippen LogP contribution is -2.45. The van der Waals surface area contributed by atoms with Crippen molar-refractivity contribution in [3.8, 4) is 0 Å². The van der Waals surface area contributed by atoms with E-state index in [0.717, 1.165) is 32.1 Å². The number of hydrogen-bond acceptors (Lipinski definition) is 3. The first-order valence-electron chi connectivity index (χ1n) is 6.40. The van der Waals surface area contributed by atoms with Gasteiger partial charge in [-0.25, -0.2) is 0 Å². The zero-order valence-electron chi connectivity index (χ0n) is 9.95. The Balaban J connectivity index is 1.82. The molecule has 0 aromatic heterocycles. The third-order valence-corrected chi connectivity index (χ3v) is 3.73. The third-order valence-electron chi connectivity index (χ3n) is 3.73. The number of nitrogens with one attached hydrogen (secondary N) is 1. The largest absolute Gasteiger partial charge is 0.373 e. The fourth-order valence-corrected chi connectivity index (χ4v) is 2.79. The molecule has 2 rings (SSSR count). The summed E-state index contributed by atoms with van der Waals surface area (Å²) in [5.74, 6) is 0.0922. The Bertz CT molecular complexity index is 257. The highest BCUT2D eigenvalue weighted by molar-refractivity contribution is 5.79. The highest BCUT2D eigenvalue weighted by Crippen LogP contribution is 2.34. The molecule has 1 amide bonds. The van der Waals surface area contributed by atoms with Crippen molar-refractivity contribution >= 4 is 5.91 Å². The molecule has 2 aliphatic heterocycles. The van der Waals surface area contributed by atoms with Crippen molar-refractivity contribution in [2.24, 2.45) is 11.7 Å². The Morgan fingerprint density at radius 3 is 2.88 bits per heavy atom. The van der Waals surface area contributed by atoms with Gasteiger partial charge >= 0.3 is 0 Å². The van der Waals surface area contributed by atoms with E-state index < -0.39 is 0 Å². The number of hydrogen-bond donors (Lipinski definition) is 2. The van der Waals surface area contributed by atoms with Crippen molar-refractivity contribution in [3.63, 3.8) is 0 Å². The number of amides is 1. The maximum absolute atomic E-state index is 11.9. The van der Waals surface area contributed by atoms with Crippen LogP contribution < -0.4 is 11.1 Å². The highest BCUT2D eigenvalue weighted by atomic mass is 16.5. The molecule has 4 heteroatoms. The van der Waals surface area contributed by atoms with Crippen LogP contribution in [0.5, 0.6) is 0 Å². The van der Waals surface area contributed by atoms with E-state index in [1.165, 1.54) is 0 Å². The Hall–Kier alpha value is -0.610. The maximum atomic E-state index is 11.9. The van der Waals surface area contributed by atoms with Gasteiger partial charge in [0.1, 0.15) is 0 Å². The first kappa shape index (κ1) is 11.9. The minimum atomic E-state index is -0.0240. The normalized spacial score (nSPS) is 34.0. The lowest BCUT2D eigenvalue weighted by atomic mass is 9.94. The Morgan fingerprint density at radius 1 is 1.56 bits per heavy atom. The van der Waals surface area contributed by atoms with Crippen LogP contribution >= 0.6 is 0 Å². The fourth-order valence-electron chi connectivity index (χ4n) is 2.79. The maximum Gasteiger partial charge on any atom is 0.224 e. The molecule has 3 N–H and O–H groups in total. The van der Waals surface area contributed by atoms with Crippen LogP contribution in [0.25, 0.3) is 0 Å². The molecule has 0 aromatic carbocycles. The molecule has 0 saturated carbocycles. The van der Waals surface area contributed by atoms with Crippen molar-refractivity contribution in [3.05, 3.63) is 0 Å². The van der Waals surface area contributed by atoms with Crippen LogP contribution in [0, 0.1) is 5.92 Å². The Morgan fingerprint density at radius 2 is 2.38 bits per heavy atom. The summed E-state index contributed by atoms with van der Waals surface area (Å²) in [6.07, 6.45) is 5.77. The molecule has 2 fully saturated rings. The summed E-state index contributed by atoms with van der Waals surface area (Å²) >= 11 is 0. The molecule has 2 heterocycles. The molecule has 92 valence electrons. The van der Waals surface area contributed by atoms with E-state index in [0.29, 0.717) is 12.6 Å². The zero-order valence-corrected chi connectivity index (χ0v) is 9.95. The third kappa shape index (κ3) is 2.38. The molecular weight excluding hydrogens is 204 g/mol. The first-order chi connectivity index (χ1) is 7.74. The predicted molar refractivity (Wildman–Crippen MR) is 61.9 cm³/mol. The second-order valence-electron chi connectivity index (χ2n) is 4.95. The van der Waals surface area contributed by atoms with Gasteiger partial charge in [-0.2, -0.15) is 0 Å². The molecule has 2 saturated heterocycles. The summed E-state index contributed by atoms with van der Waals surface area (Å²) < 4.78 is 5.71. The van der Waals surface area contributed by atoms with E-state index in [2.05, 4.69) is 12.2 Å². The van der Waals surface area contributed by atoms with Gasteiger partial charge in [0.2, 0.25) is 5.91 Å². The van der Waals surface area contributed by atoms with Crippen molar-refractivity contribution in [1.29, 1.82) is 0 Å². The SMILES string of the molecule is CCCC(CN)C(=O)NC1CC2CCC1O2. The molecule has 16 heavy (non-hydrogen) atoms. The molecule has 0 aliphatic carbocycles. The second kappa shape index (κ2) is 5.15. The quantitative estimate of drug-likeness (QED) is 0.728. The minimum absolute atomic E-state index is 0.0240. The highest BCUT2D eigenvalue weighted by Gasteiger charge is 2.41. The van der Waals surface area contributed by atoms with Gasteiger partial charge in [-0.1, -0.05) is 13.3 Å². The van der Waals surface area contributed by atoms with Gasteiger partial charge < -0.3 is 15.8 Å². The summed E-state index contributed by atoms with van der Waals surface area (Å²) in [6.45, 7) is 2.53. The smallest absolute Gasteiger partial charge is 0.224 e. The molecule has 4 atom stereocenters. The number of carbonyl (C=O) groups excluding carboxylic acids is 1. The summed E-state index contributed by atoms with van der Waals surface area (Å²) in [6, 6.07) is 0.233. The molecule has 2 aliphatic rings. The zero-order chi connectivity index (χ0) is 11.5. The van der Waals surface area contributed by atoms with Gasteiger partial charge in [0.15, 0.2) is 0 Å². The molecule has 0 radical (unpaired) electrons. The van der Waals surface area contributed by atoms with E-state index >= 15 is 0 Å². The number of ether oxygens (including phenoxy) is 1. The van der Waals surface area contributed by atoms with E-state index in [1.807, 2.05) is 0 Å². The number of fused-ring (bicyclic) bond motifs is 2. The predicted octanol–water partition coefficient (Wildman–Crippen LogP) is 0.797. The molecule has 4 nitrogen and oxygen atoms in total. The van der Waals surface area contributed by atoms with E-state index in [-0.39, 0.29) is 24.0 Å². The van der Waals surface area contributed by atoms with Gasteiger partial charge in [-0.05, 0) is 25.7 Å². The van der Waals surface area contributed by atoms with Crippen LogP contribution in [0.3, 0.4) is 0 Å². The van der Waals surface area contributed by atoms with Crippen LogP contribution in [0.1, 0.15) is 39.0 Å². The van der Waals surface area contributed by atoms with Crippen LogP contribution in [0.4, 0.5) is 0 Å². The van der Waals surface area contributed by atoms with E-state index in [1.54, 1.807) is 0 Å². The fraction of sp³-hybridized carbons (Fsp3) is 0.917. The van der Waals surface area contributed by atoms with Gasteiger partial charge in [-0.15, -0.1) is 0 Å². The lowest BCUT2D eigenvalue weighted by molar-refractivity contribution is -0.126. The Labute approximate surface area is 96.9 Å². The van der Waals surface area contributed by atoms with E-state index in [4.69, 9.17) is 10.5 Å². The minimum Gasteiger partial charge on any atom is -0.373 e. The first-order valence-corrected chi connectivity index (χ1v) is 6.40. The average molecular weight is 226 g/mol. The van der Waals surface area contributed by atoms with Gasteiger partial charge in [0, 0.05) is 6.54 Å². The molecular formula is C12H22N2O2. The van der Waals surface area contributed by atoms with Crippen molar-refractivity contribution in [2.75, 3.05) is 6.54 Å². The van der Waals surface area contributed by atoms with Crippen LogP contribution in [-0.2, 0) is 9.53 Å². The number of carbonyl (C=O) groups is 1. The van der Waals surface area contributed by atoms with Gasteiger partial charge in [-0.3, -0.25) is 4.79 Å². The van der Waals surface area contributed by atoms with Crippen LogP contribution in [0.2, 0.25) is 0 Å². The summed E-state index contributed by atoms with van der Waals surface area (Å²) in [5, 5.41) is 3.10.